The highest BCUT2D eigenvalue weighted by molar-refractivity contribution is 5.45. The minimum Gasteiger partial charge on any atom is -0.484 e. The lowest BCUT2D eigenvalue weighted by Gasteiger charge is -2.08. The molecule has 0 aliphatic carbocycles. The molecule has 0 bridgehead atoms. The minimum atomic E-state index is -0.473. The van der Waals surface area contributed by atoms with Gasteiger partial charge in [-0.2, -0.15) is 0 Å². The number of ether oxygens (including phenoxy) is 5. The van der Waals surface area contributed by atoms with Crippen molar-refractivity contribution < 1.29 is 28.6 Å². The highest BCUT2D eigenvalue weighted by Gasteiger charge is 2.12. The maximum atomic E-state index is 10.8. The Kier molecular flexibility index (Phi) is 10.7. The van der Waals surface area contributed by atoms with E-state index in [1.165, 1.54) is 6.07 Å². The molecule has 8 heteroatoms. The molecule has 0 amide bonds. The lowest BCUT2D eigenvalue weighted by Crippen LogP contribution is -2.13. The Morgan fingerprint density at radius 2 is 1.39 bits per heavy atom. The largest absolute Gasteiger partial charge is 0.484 e. The van der Waals surface area contributed by atoms with Gasteiger partial charge in [0.2, 0.25) is 0 Å². The van der Waals surface area contributed by atoms with Gasteiger partial charge in [0.15, 0.2) is 5.75 Å². The molecule has 23 heavy (non-hydrogen) atoms. The normalized spacial score (nSPS) is 10.7. The van der Waals surface area contributed by atoms with E-state index in [0.29, 0.717) is 46.2 Å². The Hall–Kier alpha value is -1.74. The summed E-state index contributed by atoms with van der Waals surface area (Å²) in [6.07, 6.45) is 0. The molecule has 1 rings (SSSR count). The zero-order valence-corrected chi connectivity index (χ0v) is 13.3. The van der Waals surface area contributed by atoms with Crippen molar-refractivity contribution >= 4 is 5.69 Å². The second kappa shape index (κ2) is 12.8. The van der Waals surface area contributed by atoms with Crippen LogP contribution in [0, 0.1) is 10.1 Å². The maximum absolute atomic E-state index is 10.8. The first-order chi connectivity index (χ1) is 11.3. The third-order valence-electron chi connectivity index (χ3n) is 2.72. The Labute approximate surface area is 135 Å². The first-order valence-corrected chi connectivity index (χ1v) is 7.34. The number of benzene rings is 1. The molecule has 0 atom stereocenters. The smallest absolute Gasteiger partial charge is 0.310 e. The molecule has 0 unspecified atom stereocenters. The summed E-state index contributed by atoms with van der Waals surface area (Å²) in [5.74, 6) is 0.241. The van der Waals surface area contributed by atoms with E-state index in [1.54, 1.807) is 25.3 Å². The van der Waals surface area contributed by atoms with Gasteiger partial charge in [0, 0.05) is 13.2 Å². The molecule has 0 spiro atoms. The summed E-state index contributed by atoms with van der Waals surface area (Å²) in [4.78, 5) is 10.3. The van der Waals surface area contributed by atoms with Gasteiger partial charge < -0.3 is 23.7 Å². The van der Waals surface area contributed by atoms with E-state index < -0.39 is 4.92 Å². The number of nitro groups is 1. The average molecular weight is 329 g/mol. The summed E-state index contributed by atoms with van der Waals surface area (Å²) in [7, 11) is 1.62. The molecule has 0 aromatic heterocycles. The van der Waals surface area contributed by atoms with Crippen LogP contribution in [0.25, 0.3) is 0 Å². The van der Waals surface area contributed by atoms with Gasteiger partial charge in [0.25, 0.3) is 0 Å². The van der Waals surface area contributed by atoms with E-state index in [1.807, 2.05) is 0 Å². The molecule has 1 aromatic rings. The lowest BCUT2D eigenvalue weighted by atomic mass is 10.3. The van der Waals surface area contributed by atoms with Gasteiger partial charge in [-0.05, 0) is 6.07 Å². The predicted molar refractivity (Wildman–Crippen MR) is 82.9 cm³/mol. The second-order valence-corrected chi connectivity index (χ2v) is 4.40. The molecule has 0 fully saturated rings. The SMILES string of the molecule is COCCOCCOCCOCCOc1ccccc1[N+](=O)[O-]. The quantitative estimate of drug-likeness (QED) is 0.291. The van der Waals surface area contributed by atoms with Crippen LogP contribution in [0.2, 0.25) is 0 Å². The summed E-state index contributed by atoms with van der Waals surface area (Å²) in [5, 5.41) is 10.8. The molecule has 0 saturated heterocycles. The summed E-state index contributed by atoms with van der Waals surface area (Å²) >= 11 is 0. The molecule has 8 nitrogen and oxygen atoms in total. The van der Waals surface area contributed by atoms with Crippen molar-refractivity contribution in [1.82, 2.24) is 0 Å². The molecular weight excluding hydrogens is 306 g/mol. The van der Waals surface area contributed by atoms with Gasteiger partial charge in [-0.3, -0.25) is 10.1 Å². The topological polar surface area (TPSA) is 89.3 Å². The van der Waals surface area contributed by atoms with E-state index in [2.05, 4.69) is 0 Å². The average Bonchev–Trinajstić information content (AvgIpc) is 2.56. The summed E-state index contributed by atoms with van der Waals surface area (Å²) in [5.41, 5.74) is -0.0516. The zero-order valence-electron chi connectivity index (χ0n) is 13.3. The van der Waals surface area contributed by atoms with Gasteiger partial charge in [-0.1, -0.05) is 12.1 Å². The Morgan fingerprint density at radius 1 is 0.870 bits per heavy atom. The van der Waals surface area contributed by atoms with Crippen LogP contribution in [0.4, 0.5) is 5.69 Å². The molecule has 0 aliphatic heterocycles. The van der Waals surface area contributed by atoms with E-state index >= 15 is 0 Å². The van der Waals surface area contributed by atoms with Crippen molar-refractivity contribution in [3.63, 3.8) is 0 Å². The molecule has 0 heterocycles. The monoisotopic (exact) mass is 329 g/mol. The van der Waals surface area contributed by atoms with Crippen LogP contribution < -0.4 is 4.74 Å². The van der Waals surface area contributed by atoms with Gasteiger partial charge in [0.1, 0.15) is 6.61 Å². The molecule has 0 radical (unpaired) electrons. The number of rotatable bonds is 14. The Bertz CT molecular complexity index is 442. The third-order valence-corrected chi connectivity index (χ3v) is 2.72. The fourth-order valence-electron chi connectivity index (χ4n) is 1.62. The first-order valence-electron chi connectivity index (χ1n) is 7.34. The summed E-state index contributed by atoms with van der Waals surface area (Å²) in [6, 6.07) is 6.24. The van der Waals surface area contributed by atoms with Crippen molar-refractivity contribution in [2.75, 3.05) is 60.0 Å². The van der Waals surface area contributed by atoms with Crippen molar-refractivity contribution in [2.45, 2.75) is 0 Å². The van der Waals surface area contributed by atoms with Crippen LogP contribution >= 0.6 is 0 Å². The Morgan fingerprint density at radius 3 is 1.96 bits per heavy atom. The highest BCUT2D eigenvalue weighted by Crippen LogP contribution is 2.25. The molecule has 0 aliphatic rings. The number of hydrogen-bond donors (Lipinski definition) is 0. The summed E-state index contributed by atoms with van der Waals surface area (Å²) in [6.45, 7) is 3.61. The van der Waals surface area contributed by atoms with E-state index in [9.17, 15) is 10.1 Å². The Balaban J connectivity index is 1.97. The molecule has 0 N–H and O–H groups in total. The van der Waals surface area contributed by atoms with Crippen LogP contribution in [-0.2, 0) is 18.9 Å². The zero-order chi connectivity index (χ0) is 16.8. The van der Waals surface area contributed by atoms with Gasteiger partial charge in [-0.15, -0.1) is 0 Å². The first kappa shape index (κ1) is 19.3. The molecular formula is C15H23NO7. The van der Waals surface area contributed by atoms with Crippen molar-refractivity contribution in [2.24, 2.45) is 0 Å². The van der Waals surface area contributed by atoms with Crippen molar-refractivity contribution in [1.29, 1.82) is 0 Å². The van der Waals surface area contributed by atoms with Crippen molar-refractivity contribution in [3.8, 4) is 5.75 Å². The molecule has 130 valence electrons. The standard InChI is InChI=1S/C15H23NO7/c1-19-6-7-20-8-9-21-10-11-22-12-13-23-15-5-3-2-4-14(15)16(17)18/h2-5H,6-13H2,1H3. The number of nitro benzene ring substituents is 1. The van der Waals surface area contributed by atoms with E-state index in [0.717, 1.165) is 0 Å². The second-order valence-electron chi connectivity index (χ2n) is 4.40. The van der Waals surface area contributed by atoms with Gasteiger partial charge >= 0.3 is 5.69 Å². The van der Waals surface area contributed by atoms with Crippen LogP contribution in [0.15, 0.2) is 24.3 Å². The van der Waals surface area contributed by atoms with E-state index in [-0.39, 0.29) is 18.0 Å². The molecule has 0 saturated carbocycles. The number of nitrogens with zero attached hydrogens (tertiary/aromatic N) is 1. The minimum absolute atomic E-state index is 0.0516. The number of para-hydroxylation sites is 2. The summed E-state index contributed by atoms with van der Waals surface area (Å²) < 4.78 is 26.0. The third kappa shape index (κ3) is 9.09. The van der Waals surface area contributed by atoms with Crippen molar-refractivity contribution in [3.05, 3.63) is 34.4 Å². The van der Waals surface area contributed by atoms with E-state index in [4.69, 9.17) is 23.7 Å². The highest BCUT2D eigenvalue weighted by atomic mass is 16.6. The maximum Gasteiger partial charge on any atom is 0.310 e. The van der Waals surface area contributed by atoms with Crippen LogP contribution in [-0.4, -0.2) is 64.9 Å². The number of methoxy groups -OCH3 is 1. The predicted octanol–water partition coefficient (Wildman–Crippen LogP) is 1.67. The fourth-order valence-corrected chi connectivity index (χ4v) is 1.62. The number of hydrogen-bond acceptors (Lipinski definition) is 7. The van der Waals surface area contributed by atoms with Crippen LogP contribution in [0.3, 0.4) is 0 Å². The van der Waals surface area contributed by atoms with Gasteiger partial charge in [-0.25, -0.2) is 0 Å². The van der Waals surface area contributed by atoms with Crippen LogP contribution in [0.5, 0.6) is 5.75 Å². The van der Waals surface area contributed by atoms with Gasteiger partial charge in [0.05, 0.1) is 51.2 Å². The molecule has 1 aromatic carbocycles. The van der Waals surface area contributed by atoms with Crippen LogP contribution in [0.1, 0.15) is 0 Å². The fraction of sp³-hybridized carbons (Fsp3) is 0.600. The lowest BCUT2D eigenvalue weighted by molar-refractivity contribution is -0.385.